The Kier molecular flexibility index (Phi) is 5.81. The molecule has 134 valence electrons. The fourth-order valence-corrected chi connectivity index (χ4v) is 3.44. The molecule has 0 aliphatic rings. The molecule has 0 saturated carbocycles. The maximum absolute atomic E-state index is 6.01. The molecule has 0 aliphatic carbocycles. The first kappa shape index (κ1) is 18.7. The van der Waals surface area contributed by atoms with Gasteiger partial charge in [-0.2, -0.15) is 5.10 Å². The summed E-state index contributed by atoms with van der Waals surface area (Å²) in [5.41, 5.74) is 4.92. The molecule has 0 radical (unpaired) electrons. The number of benzene rings is 2. The second kappa shape index (κ2) is 8.08. The van der Waals surface area contributed by atoms with E-state index in [1.165, 1.54) is 0 Å². The van der Waals surface area contributed by atoms with Gasteiger partial charge >= 0.3 is 0 Å². The third-order valence-corrected chi connectivity index (χ3v) is 4.38. The zero-order valence-corrected chi connectivity index (χ0v) is 16.7. The van der Waals surface area contributed by atoms with E-state index in [4.69, 9.17) is 35.4 Å². The number of nitrogens with one attached hydrogen (secondary N) is 2. The number of thiocarbonyl (C=S) groups is 1. The Bertz CT molecular complexity index is 932. The Labute approximate surface area is 168 Å². The van der Waals surface area contributed by atoms with Crippen molar-refractivity contribution in [2.45, 2.75) is 20.4 Å². The van der Waals surface area contributed by atoms with Crippen molar-refractivity contribution in [3.63, 3.8) is 0 Å². The van der Waals surface area contributed by atoms with Crippen LogP contribution in [0.5, 0.6) is 0 Å². The van der Waals surface area contributed by atoms with Gasteiger partial charge in [0.2, 0.25) is 0 Å². The Morgan fingerprint density at radius 1 is 1.00 bits per heavy atom. The number of hydrogen-bond donors (Lipinski definition) is 2. The summed E-state index contributed by atoms with van der Waals surface area (Å²) in [5, 5.41) is 12.3. The Balaban J connectivity index is 1.68. The summed E-state index contributed by atoms with van der Waals surface area (Å²) in [6.45, 7) is 4.75. The average molecular weight is 405 g/mol. The summed E-state index contributed by atoms with van der Waals surface area (Å²) >= 11 is 17.4. The first-order valence-corrected chi connectivity index (χ1v) is 9.19. The summed E-state index contributed by atoms with van der Waals surface area (Å²) in [7, 11) is 0. The minimum Gasteiger partial charge on any atom is -0.332 e. The molecular weight excluding hydrogens is 387 g/mol. The van der Waals surface area contributed by atoms with Crippen molar-refractivity contribution in [3.05, 3.63) is 75.5 Å². The molecule has 2 aromatic carbocycles. The van der Waals surface area contributed by atoms with Gasteiger partial charge in [0.15, 0.2) is 5.11 Å². The van der Waals surface area contributed by atoms with Gasteiger partial charge in [-0.1, -0.05) is 35.3 Å². The van der Waals surface area contributed by atoms with Crippen LogP contribution in [-0.2, 0) is 6.54 Å². The number of aromatic nitrogens is 2. The lowest BCUT2D eigenvalue weighted by Crippen LogP contribution is -2.19. The van der Waals surface area contributed by atoms with E-state index >= 15 is 0 Å². The largest absolute Gasteiger partial charge is 0.332 e. The molecule has 0 unspecified atom stereocenters. The molecule has 7 heteroatoms. The Hall–Kier alpha value is -2.08. The molecule has 26 heavy (non-hydrogen) atoms. The van der Waals surface area contributed by atoms with Crippen molar-refractivity contribution in [2.24, 2.45) is 0 Å². The highest BCUT2D eigenvalue weighted by Gasteiger charge is 2.05. The van der Waals surface area contributed by atoms with Gasteiger partial charge in [0, 0.05) is 27.1 Å². The summed E-state index contributed by atoms with van der Waals surface area (Å²) in [5.74, 6) is 0. The topological polar surface area (TPSA) is 41.9 Å². The van der Waals surface area contributed by atoms with Crippen LogP contribution in [0.1, 0.15) is 17.0 Å². The van der Waals surface area contributed by atoms with Gasteiger partial charge in [0.05, 0.1) is 12.2 Å². The molecule has 0 saturated heterocycles. The molecule has 0 bridgehead atoms. The first-order valence-electron chi connectivity index (χ1n) is 8.03. The van der Waals surface area contributed by atoms with E-state index in [2.05, 4.69) is 40.9 Å². The van der Waals surface area contributed by atoms with Gasteiger partial charge in [-0.05, 0) is 68.0 Å². The molecule has 2 N–H and O–H groups in total. The fourth-order valence-electron chi connectivity index (χ4n) is 2.67. The van der Waals surface area contributed by atoms with Crippen LogP contribution < -0.4 is 10.6 Å². The van der Waals surface area contributed by atoms with Crippen molar-refractivity contribution in [3.8, 4) is 0 Å². The molecule has 0 fully saturated rings. The number of halogens is 2. The van der Waals surface area contributed by atoms with Gasteiger partial charge in [0.1, 0.15) is 0 Å². The number of anilines is 2. The quantitative estimate of drug-likeness (QED) is 0.550. The average Bonchev–Trinajstić information content (AvgIpc) is 2.84. The molecule has 3 aromatic rings. The van der Waals surface area contributed by atoms with Crippen LogP contribution >= 0.6 is 35.4 Å². The Morgan fingerprint density at radius 3 is 2.35 bits per heavy atom. The number of aryl methyl sites for hydroxylation is 2. The number of nitrogens with zero attached hydrogens (tertiary/aromatic N) is 2. The van der Waals surface area contributed by atoms with Crippen molar-refractivity contribution >= 4 is 51.9 Å². The lowest BCUT2D eigenvalue weighted by atomic mass is 10.2. The van der Waals surface area contributed by atoms with Crippen LogP contribution in [0, 0.1) is 13.8 Å². The van der Waals surface area contributed by atoms with Gasteiger partial charge < -0.3 is 10.6 Å². The van der Waals surface area contributed by atoms with E-state index in [1.807, 2.05) is 23.7 Å². The van der Waals surface area contributed by atoms with E-state index in [0.29, 0.717) is 21.7 Å². The lowest BCUT2D eigenvalue weighted by molar-refractivity contribution is 0.659. The van der Waals surface area contributed by atoms with Crippen molar-refractivity contribution < 1.29 is 0 Å². The predicted molar refractivity (Wildman–Crippen MR) is 114 cm³/mol. The third-order valence-electron chi connectivity index (χ3n) is 3.74. The van der Waals surface area contributed by atoms with E-state index in [0.717, 1.165) is 28.3 Å². The molecule has 0 amide bonds. The van der Waals surface area contributed by atoms with Crippen LogP contribution in [-0.4, -0.2) is 14.9 Å². The molecule has 0 aliphatic heterocycles. The van der Waals surface area contributed by atoms with Crippen LogP contribution in [0.3, 0.4) is 0 Å². The van der Waals surface area contributed by atoms with Crippen molar-refractivity contribution in [2.75, 3.05) is 10.6 Å². The van der Waals surface area contributed by atoms with E-state index in [1.54, 1.807) is 18.2 Å². The monoisotopic (exact) mass is 404 g/mol. The Morgan fingerprint density at radius 2 is 1.69 bits per heavy atom. The molecule has 1 heterocycles. The second-order valence-electron chi connectivity index (χ2n) is 6.02. The minimum absolute atomic E-state index is 0.464. The molecule has 1 aromatic heterocycles. The maximum Gasteiger partial charge on any atom is 0.175 e. The van der Waals surface area contributed by atoms with Crippen LogP contribution in [0.2, 0.25) is 10.0 Å². The molecular formula is C19H18Cl2N4S. The summed E-state index contributed by atoms with van der Waals surface area (Å²) in [6.07, 6.45) is 0. The molecule has 4 nitrogen and oxygen atoms in total. The first-order chi connectivity index (χ1) is 12.4. The van der Waals surface area contributed by atoms with Crippen LogP contribution in [0.15, 0.2) is 48.5 Å². The standard InChI is InChI=1S/C19H18Cl2N4S/c1-12-6-13(2)25(24-12)11-14-4-3-5-17(7-14)22-19(26)23-18-9-15(20)8-16(21)10-18/h3-10H,11H2,1-2H3,(H2,22,23,26). The maximum atomic E-state index is 6.01. The SMILES string of the molecule is Cc1cc(C)n(Cc2cccc(NC(=S)Nc3cc(Cl)cc(Cl)c3)c2)n1. The zero-order chi connectivity index (χ0) is 18.7. The smallest absolute Gasteiger partial charge is 0.175 e. The second-order valence-corrected chi connectivity index (χ2v) is 7.30. The summed E-state index contributed by atoms with van der Waals surface area (Å²) < 4.78 is 1.99. The third kappa shape index (κ3) is 4.97. The van der Waals surface area contributed by atoms with Gasteiger partial charge in [-0.3, -0.25) is 4.68 Å². The van der Waals surface area contributed by atoms with E-state index in [9.17, 15) is 0 Å². The molecule has 0 atom stereocenters. The molecule has 3 rings (SSSR count). The minimum atomic E-state index is 0.464. The van der Waals surface area contributed by atoms with Gasteiger partial charge in [-0.25, -0.2) is 0 Å². The predicted octanol–water partition coefficient (Wildman–Crippen LogP) is 5.66. The van der Waals surface area contributed by atoms with Crippen LogP contribution in [0.4, 0.5) is 11.4 Å². The molecule has 0 spiro atoms. The highest BCUT2D eigenvalue weighted by Crippen LogP contribution is 2.22. The van der Waals surface area contributed by atoms with Gasteiger partial charge in [-0.15, -0.1) is 0 Å². The normalized spacial score (nSPS) is 10.6. The van der Waals surface area contributed by atoms with Crippen molar-refractivity contribution in [1.29, 1.82) is 0 Å². The summed E-state index contributed by atoms with van der Waals surface area (Å²) in [4.78, 5) is 0. The summed E-state index contributed by atoms with van der Waals surface area (Å²) in [6, 6.07) is 15.3. The van der Waals surface area contributed by atoms with E-state index in [-0.39, 0.29) is 0 Å². The number of rotatable bonds is 4. The van der Waals surface area contributed by atoms with E-state index < -0.39 is 0 Å². The highest BCUT2D eigenvalue weighted by atomic mass is 35.5. The van der Waals surface area contributed by atoms with Gasteiger partial charge in [0.25, 0.3) is 0 Å². The van der Waals surface area contributed by atoms with Crippen molar-refractivity contribution in [1.82, 2.24) is 9.78 Å². The fraction of sp³-hybridized carbons (Fsp3) is 0.158. The number of hydrogen-bond acceptors (Lipinski definition) is 2. The highest BCUT2D eigenvalue weighted by molar-refractivity contribution is 7.80. The lowest BCUT2D eigenvalue weighted by Gasteiger charge is -2.12. The van der Waals surface area contributed by atoms with Crippen LogP contribution in [0.25, 0.3) is 0 Å². The zero-order valence-electron chi connectivity index (χ0n) is 14.4.